The van der Waals surface area contributed by atoms with E-state index in [1.54, 1.807) is 0 Å². The van der Waals surface area contributed by atoms with Crippen LogP contribution in [0, 0.1) is 5.92 Å². The number of imidazole rings is 1. The quantitative estimate of drug-likeness (QED) is 0.447. The minimum absolute atomic E-state index is 0.230. The molecule has 0 bridgehead atoms. The minimum atomic E-state index is 0.230. The normalized spacial score (nSPS) is 13.7. The Morgan fingerprint density at radius 2 is 1.90 bits per heavy atom. The van der Waals surface area contributed by atoms with Crippen molar-refractivity contribution < 1.29 is 4.79 Å². The third-order valence-electron chi connectivity index (χ3n) is 5.38. The summed E-state index contributed by atoms with van der Waals surface area (Å²) in [6.07, 6.45) is 6.14. The van der Waals surface area contributed by atoms with E-state index in [0.717, 1.165) is 67.5 Å². The molecule has 0 atom stereocenters. The Hall–Kier alpha value is -2.04. The minimum Gasteiger partial charge on any atom is -0.356 e. The van der Waals surface area contributed by atoms with Gasteiger partial charge in [0.1, 0.15) is 5.82 Å². The molecule has 1 saturated carbocycles. The summed E-state index contributed by atoms with van der Waals surface area (Å²) in [6, 6.07) is 14.0. The summed E-state index contributed by atoms with van der Waals surface area (Å²) in [5.41, 5.74) is 3.25. The topological polar surface area (TPSA) is 46.9 Å². The Bertz CT molecular complexity index is 1010. The number of nitrogens with zero attached hydrogens (tertiary/aromatic N) is 2. The maximum Gasteiger partial charge on any atom is 0.223 e. The number of hydrogen-bond donors (Lipinski definition) is 1. The fourth-order valence-electron chi connectivity index (χ4n) is 3.60. The highest BCUT2D eigenvalue weighted by atomic mass is 35.5. The number of hydrogen-bond acceptors (Lipinski definition) is 2. The zero-order valence-electron chi connectivity index (χ0n) is 16.3. The lowest BCUT2D eigenvalue weighted by Crippen LogP contribution is -2.25. The number of amides is 1. The van der Waals surface area contributed by atoms with E-state index < -0.39 is 0 Å². The summed E-state index contributed by atoms with van der Waals surface area (Å²) in [5, 5.41) is 4.18. The molecule has 0 aliphatic heterocycles. The summed E-state index contributed by atoms with van der Waals surface area (Å²) in [6.45, 7) is 1.49. The van der Waals surface area contributed by atoms with Crippen LogP contribution in [0.15, 0.2) is 42.5 Å². The molecule has 152 valence electrons. The highest BCUT2D eigenvalue weighted by molar-refractivity contribution is 6.42. The zero-order chi connectivity index (χ0) is 20.2. The number of aromatic nitrogens is 2. The van der Waals surface area contributed by atoms with Gasteiger partial charge in [0.25, 0.3) is 0 Å². The average Bonchev–Trinajstić information content (AvgIpc) is 3.51. The molecule has 4 nitrogen and oxygen atoms in total. The van der Waals surface area contributed by atoms with Crippen LogP contribution in [0.1, 0.15) is 43.5 Å². The molecule has 1 N–H and O–H groups in total. The van der Waals surface area contributed by atoms with Crippen molar-refractivity contribution in [3.8, 4) is 0 Å². The van der Waals surface area contributed by atoms with Gasteiger partial charge in [-0.25, -0.2) is 4.98 Å². The molecule has 0 spiro atoms. The van der Waals surface area contributed by atoms with E-state index in [2.05, 4.69) is 22.0 Å². The Balaban J connectivity index is 1.39. The maximum absolute atomic E-state index is 11.7. The number of carbonyl (C=O) groups is 1. The third kappa shape index (κ3) is 5.12. The van der Waals surface area contributed by atoms with Gasteiger partial charge in [-0.1, -0.05) is 47.8 Å². The molecule has 1 aliphatic carbocycles. The molecule has 1 amide bonds. The Kier molecular flexibility index (Phi) is 6.41. The number of unbranched alkanes of at least 4 members (excludes halogenated alkanes) is 2. The summed E-state index contributed by atoms with van der Waals surface area (Å²) in [4.78, 5) is 16.5. The molecule has 0 radical (unpaired) electrons. The fourth-order valence-corrected chi connectivity index (χ4v) is 3.92. The smallest absolute Gasteiger partial charge is 0.223 e. The first-order chi connectivity index (χ1) is 14.1. The lowest BCUT2D eigenvalue weighted by atomic mass is 10.1. The van der Waals surface area contributed by atoms with Crippen molar-refractivity contribution in [3.05, 3.63) is 63.9 Å². The number of para-hydroxylation sites is 2. The van der Waals surface area contributed by atoms with Crippen LogP contribution >= 0.6 is 23.2 Å². The highest BCUT2D eigenvalue weighted by Gasteiger charge is 2.28. The van der Waals surface area contributed by atoms with E-state index in [1.807, 2.05) is 30.3 Å². The van der Waals surface area contributed by atoms with Crippen LogP contribution in [0.2, 0.25) is 10.0 Å². The van der Waals surface area contributed by atoms with Crippen molar-refractivity contribution in [2.45, 2.75) is 45.1 Å². The molecule has 4 rings (SSSR count). The van der Waals surface area contributed by atoms with Gasteiger partial charge in [-0.2, -0.15) is 0 Å². The number of carbonyl (C=O) groups excluding carboxylic acids is 1. The number of benzene rings is 2. The average molecular weight is 430 g/mol. The molecule has 0 unspecified atom stereocenters. The first-order valence-corrected chi connectivity index (χ1v) is 11.0. The predicted molar refractivity (Wildman–Crippen MR) is 119 cm³/mol. The third-order valence-corrected chi connectivity index (χ3v) is 6.12. The van der Waals surface area contributed by atoms with E-state index in [0.29, 0.717) is 16.6 Å². The fraction of sp³-hybridized carbons (Fsp3) is 0.391. The Morgan fingerprint density at radius 1 is 1.07 bits per heavy atom. The van der Waals surface area contributed by atoms with E-state index in [4.69, 9.17) is 28.2 Å². The number of rotatable bonds is 9. The van der Waals surface area contributed by atoms with Crippen molar-refractivity contribution in [1.29, 1.82) is 0 Å². The van der Waals surface area contributed by atoms with E-state index in [1.165, 1.54) is 0 Å². The SMILES string of the molecule is O=C(NCCCCCc1nc2ccccc2n1Cc1ccc(Cl)c(Cl)c1)C1CC1. The summed E-state index contributed by atoms with van der Waals surface area (Å²) >= 11 is 12.3. The number of fused-ring (bicyclic) bond motifs is 1. The Labute approximate surface area is 181 Å². The van der Waals surface area contributed by atoms with E-state index in [9.17, 15) is 4.79 Å². The Morgan fingerprint density at radius 3 is 2.69 bits per heavy atom. The molecular formula is C23H25Cl2N3O. The van der Waals surface area contributed by atoms with E-state index >= 15 is 0 Å². The molecule has 1 heterocycles. The molecule has 1 fully saturated rings. The second-order valence-electron chi connectivity index (χ2n) is 7.73. The molecule has 6 heteroatoms. The summed E-state index contributed by atoms with van der Waals surface area (Å²) in [7, 11) is 0. The monoisotopic (exact) mass is 429 g/mol. The largest absolute Gasteiger partial charge is 0.356 e. The molecule has 1 aliphatic rings. The van der Waals surface area contributed by atoms with Gasteiger partial charge in [-0.3, -0.25) is 4.79 Å². The van der Waals surface area contributed by atoms with Crippen LogP contribution in [0.5, 0.6) is 0 Å². The van der Waals surface area contributed by atoms with Crippen molar-refractivity contribution in [2.75, 3.05) is 6.54 Å². The van der Waals surface area contributed by atoms with Gasteiger partial charge in [0, 0.05) is 25.4 Å². The first kappa shape index (κ1) is 20.2. The van der Waals surface area contributed by atoms with Crippen LogP contribution in [0.3, 0.4) is 0 Å². The van der Waals surface area contributed by atoms with Gasteiger partial charge in [0.2, 0.25) is 5.91 Å². The van der Waals surface area contributed by atoms with Crippen molar-refractivity contribution in [2.24, 2.45) is 5.92 Å². The van der Waals surface area contributed by atoms with Crippen LogP contribution in [-0.2, 0) is 17.8 Å². The summed E-state index contributed by atoms with van der Waals surface area (Å²) < 4.78 is 2.27. The number of nitrogens with one attached hydrogen (secondary N) is 1. The van der Waals surface area contributed by atoms with Gasteiger partial charge < -0.3 is 9.88 Å². The van der Waals surface area contributed by atoms with Gasteiger partial charge in [-0.15, -0.1) is 0 Å². The molecule has 3 aromatic rings. The highest BCUT2D eigenvalue weighted by Crippen LogP contribution is 2.28. The molecule has 1 aromatic heterocycles. The second-order valence-corrected chi connectivity index (χ2v) is 8.54. The second kappa shape index (κ2) is 9.19. The summed E-state index contributed by atoms with van der Waals surface area (Å²) in [5.74, 6) is 1.60. The number of aryl methyl sites for hydroxylation is 1. The van der Waals surface area contributed by atoms with Crippen LogP contribution < -0.4 is 5.32 Å². The van der Waals surface area contributed by atoms with Crippen molar-refractivity contribution in [3.63, 3.8) is 0 Å². The van der Waals surface area contributed by atoms with E-state index in [-0.39, 0.29) is 11.8 Å². The lowest BCUT2D eigenvalue weighted by molar-refractivity contribution is -0.122. The van der Waals surface area contributed by atoms with Gasteiger partial charge in [0.15, 0.2) is 0 Å². The lowest BCUT2D eigenvalue weighted by Gasteiger charge is -2.11. The van der Waals surface area contributed by atoms with Gasteiger partial charge >= 0.3 is 0 Å². The van der Waals surface area contributed by atoms with Crippen LogP contribution in [0.4, 0.5) is 0 Å². The molecule has 2 aromatic carbocycles. The predicted octanol–water partition coefficient (Wildman–Crippen LogP) is 5.63. The van der Waals surface area contributed by atoms with Crippen LogP contribution in [-0.4, -0.2) is 22.0 Å². The van der Waals surface area contributed by atoms with Crippen molar-refractivity contribution in [1.82, 2.24) is 14.9 Å². The first-order valence-electron chi connectivity index (χ1n) is 10.3. The number of halogens is 2. The van der Waals surface area contributed by atoms with Gasteiger partial charge in [-0.05, 0) is 55.5 Å². The van der Waals surface area contributed by atoms with Gasteiger partial charge in [0.05, 0.1) is 21.1 Å². The van der Waals surface area contributed by atoms with Crippen LogP contribution in [0.25, 0.3) is 11.0 Å². The molecular weight excluding hydrogens is 405 g/mol. The molecule has 29 heavy (non-hydrogen) atoms. The molecule has 0 saturated heterocycles. The zero-order valence-corrected chi connectivity index (χ0v) is 17.8. The maximum atomic E-state index is 11.7. The standard InChI is InChI=1S/C23H25Cl2N3O/c24-18-12-9-16(14-19(18)25)15-28-21-7-4-3-6-20(21)27-22(28)8-2-1-5-13-26-23(29)17-10-11-17/h3-4,6-7,9,12,14,17H,1-2,5,8,10-11,13,15H2,(H,26,29). The van der Waals surface area contributed by atoms with Crippen molar-refractivity contribution >= 4 is 40.1 Å².